The van der Waals surface area contributed by atoms with Gasteiger partial charge in [0.1, 0.15) is 102 Å². The largest absolute Gasteiger partial charge is 0.510 e. The van der Waals surface area contributed by atoms with Crippen LogP contribution in [0.2, 0.25) is 0 Å². The van der Waals surface area contributed by atoms with E-state index in [1.807, 2.05) is 0 Å². The maximum atomic E-state index is 13.2. The molecule has 0 radical (unpaired) electrons. The number of nitrogens with two attached hydrogens (primary N) is 2. The van der Waals surface area contributed by atoms with Gasteiger partial charge >= 0.3 is 6.09 Å². The van der Waals surface area contributed by atoms with Crippen LogP contribution in [0.4, 0.5) is 4.79 Å². The quantitative estimate of drug-likeness (QED) is 0.0682. The van der Waals surface area contributed by atoms with Crippen LogP contribution in [0, 0.1) is 0 Å². The zero-order valence-electron chi connectivity index (χ0n) is 39.7. The van der Waals surface area contributed by atoms with Crippen LogP contribution in [0.15, 0.2) is 11.5 Å². The van der Waals surface area contributed by atoms with Crippen LogP contribution in [0.5, 0.6) is 0 Å². The van der Waals surface area contributed by atoms with Crippen LogP contribution in [-0.4, -0.2) is 263 Å². The van der Waals surface area contributed by atoms with Crippen molar-refractivity contribution >= 4 is 35.5 Å². The number of ketones is 1. The number of ether oxygens (including phenoxy) is 10. The molecular formula is C41H63N5O28. The smallest absolute Gasteiger partial charge is 0.404 e. The fourth-order valence-electron chi connectivity index (χ4n) is 9.25. The third-order valence-corrected chi connectivity index (χ3v) is 13.1. The molecule has 5 amide bonds. The van der Waals surface area contributed by atoms with Crippen LogP contribution in [-0.2, 0) is 71.3 Å². The molecule has 0 aromatic rings. The van der Waals surface area contributed by atoms with E-state index in [0.29, 0.717) is 0 Å². The number of hydrogen-bond acceptors (Lipinski definition) is 28. The Morgan fingerprint density at radius 2 is 1.22 bits per heavy atom. The first-order chi connectivity index (χ1) is 34.6. The highest BCUT2D eigenvalue weighted by atomic mass is 16.8. The summed E-state index contributed by atoms with van der Waals surface area (Å²) in [5, 5.41) is 137. The van der Waals surface area contributed by atoms with E-state index in [9.17, 15) is 90.0 Å². The lowest BCUT2D eigenvalue weighted by molar-refractivity contribution is -0.376. The van der Waals surface area contributed by atoms with Crippen molar-refractivity contribution in [1.82, 2.24) is 16.0 Å². The van der Waals surface area contributed by atoms with E-state index >= 15 is 0 Å². The first kappa shape index (κ1) is 58.8. The number of hydrogen-bond donors (Lipinski definition) is 17. The molecule has 1 aliphatic carbocycles. The Labute approximate surface area is 418 Å². The predicted molar refractivity (Wildman–Crippen MR) is 228 cm³/mol. The molecule has 33 nitrogen and oxygen atoms in total. The van der Waals surface area contributed by atoms with Crippen molar-refractivity contribution in [3.8, 4) is 0 Å². The average Bonchev–Trinajstić information content (AvgIpc) is 3.63. The standard InChI is InChI=1S/C41H63N5O28/c1-9-27(69-39-26(59)23(56)24(57)29(71-39)34(61)46-16-12(50)5-6-13(16)51)20(53)17(44-10(2)48)36(66-9)70-28-15(8-65-38-25(58)22(55)19(52)14(7-47)67-38)68-37(18(21(28)54)45-11(3)49)72-30-31(74-40(43)63)41(4,64)32(33(42)60)73-35(30)62/h9,14-15,17-32,35-39,47,50,52-59,62,64H,5-8H2,1-4H3,(H2,42,60)(H2,43,63)(H,44,48)(H,45,49)(H,46,61)/t9-,14-,15-,17-,18-,19-,20-,21-,22+,23+,24-,25-,26-,27-,28-,29+,30-,31-,32-,35+,36+,37+,38-,39-,41+/m1/s1. The van der Waals surface area contributed by atoms with E-state index in [0.717, 1.165) is 20.8 Å². The molecule has 33 heteroatoms. The first-order valence-corrected chi connectivity index (χ1v) is 23.0. The number of carbonyl (C=O) groups is 6. The second kappa shape index (κ2) is 23.8. The number of Topliss-reactive ketones (excluding diaryl/α,β-unsaturated/α-hetero) is 1. The maximum absolute atomic E-state index is 13.2. The molecule has 0 unspecified atom stereocenters. The van der Waals surface area contributed by atoms with E-state index in [-0.39, 0.29) is 12.8 Å². The van der Waals surface area contributed by atoms with E-state index < -0.39 is 213 Å². The molecule has 0 aromatic heterocycles. The Kier molecular flexibility index (Phi) is 19.0. The van der Waals surface area contributed by atoms with Gasteiger partial charge in [0.05, 0.1) is 19.3 Å². The molecule has 25 atom stereocenters. The average molecular weight is 1070 g/mol. The highest BCUT2D eigenvalue weighted by Gasteiger charge is 2.61. The van der Waals surface area contributed by atoms with Crippen LogP contribution in [0.1, 0.15) is 40.5 Å². The van der Waals surface area contributed by atoms with Crippen molar-refractivity contribution in [2.24, 2.45) is 11.5 Å². The highest BCUT2D eigenvalue weighted by Crippen LogP contribution is 2.38. The van der Waals surface area contributed by atoms with Gasteiger partial charge in [-0.25, -0.2) is 4.79 Å². The van der Waals surface area contributed by atoms with Crippen molar-refractivity contribution in [3.63, 3.8) is 0 Å². The lowest BCUT2D eigenvalue weighted by atomic mass is 9.85. The van der Waals surface area contributed by atoms with Crippen molar-refractivity contribution in [1.29, 1.82) is 0 Å². The van der Waals surface area contributed by atoms with E-state index in [1.165, 1.54) is 6.92 Å². The highest BCUT2D eigenvalue weighted by molar-refractivity contribution is 6.02. The van der Waals surface area contributed by atoms with Crippen LogP contribution >= 0.6 is 0 Å². The minimum Gasteiger partial charge on any atom is -0.510 e. The molecule has 74 heavy (non-hydrogen) atoms. The number of aliphatic hydroxyl groups excluding tert-OH is 11. The third kappa shape index (κ3) is 12.4. The molecule has 0 spiro atoms. The monoisotopic (exact) mass is 1070 g/mol. The number of aliphatic hydroxyl groups is 12. The van der Waals surface area contributed by atoms with Crippen molar-refractivity contribution < 1.29 is 137 Å². The van der Waals surface area contributed by atoms with Gasteiger partial charge in [-0.2, -0.15) is 0 Å². The summed E-state index contributed by atoms with van der Waals surface area (Å²) >= 11 is 0. The topological polar surface area (TPSA) is 526 Å². The molecule has 5 saturated heterocycles. The van der Waals surface area contributed by atoms with Crippen molar-refractivity contribution in [2.75, 3.05) is 13.2 Å². The van der Waals surface area contributed by atoms with Gasteiger partial charge in [0.2, 0.25) is 17.7 Å². The molecule has 6 rings (SSSR count). The SMILES string of the molecule is CC(=O)N[C@H]1[C@H](O[C@H]2[C@H](O)[C@@H](NC(C)=O)[C@H](O[C@@H]3[C@@H](OC(N)=O)[C@](C)(O)[C@@H](C(N)=O)O[C@@H]3O)O[C@@H]2CO[C@@H]2O[C@H](CO)[C@@H](O)[C@H](O)[C@H]2O)O[C@H](C)[C@@H](O[C@@H]2O[C@H](C(=O)NC3=C(O)CCC3=O)[C@H](O)[C@H](O)[C@H]2O)[C@@H]1O. The summed E-state index contributed by atoms with van der Waals surface area (Å²) in [7, 11) is 0. The van der Waals surface area contributed by atoms with Crippen molar-refractivity contribution in [2.45, 2.75) is 193 Å². The minimum absolute atomic E-state index is 0.0926. The zero-order valence-corrected chi connectivity index (χ0v) is 39.7. The fraction of sp³-hybridized carbons (Fsp3) is 0.805. The Morgan fingerprint density at radius 1 is 0.676 bits per heavy atom. The van der Waals surface area contributed by atoms with Crippen LogP contribution in [0.25, 0.3) is 0 Å². The Balaban J connectivity index is 1.30. The molecule has 5 fully saturated rings. The number of nitrogens with one attached hydrogen (secondary N) is 3. The van der Waals surface area contributed by atoms with Gasteiger partial charge in [-0.3, -0.25) is 24.0 Å². The Hall–Kier alpha value is -4.44. The summed E-state index contributed by atoms with van der Waals surface area (Å²) < 4.78 is 57.2. The number of rotatable bonds is 16. The fourth-order valence-corrected chi connectivity index (χ4v) is 9.25. The summed E-state index contributed by atoms with van der Waals surface area (Å²) in [5.74, 6) is -5.46. The number of allylic oxidation sites excluding steroid dienone is 2. The lowest BCUT2D eigenvalue weighted by Gasteiger charge is -2.51. The lowest BCUT2D eigenvalue weighted by Crippen LogP contribution is -2.72. The molecule has 0 bridgehead atoms. The predicted octanol–water partition coefficient (Wildman–Crippen LogP) is -10.4. The van der Waals surface area contributed by atoms with Gasteiger partial charge in [0, 0.05) is 26.7 Å². The van der Waals surface area contributed by atoms with Gasteiger partial charge < -0.3 is 136 Å². The summed E-state index contributed by atoms with van der Waals surface area (Å²) in [5.41, 5.74) is 7.51. The van der Waals surface area contributed by atoms with Gasteiger partial charge in [0.15, 0.2) is 61.6 Å². The van der Waals surface area contributed by atoms with Crippen LogP contribution < -0.4 is 27.4 Å². The maximum Gasteiger partial charge on any atom is 0.404 e. The second-order valence-corrected chi connectivity index (χ2v) is 18.5. The molecular weight excluding hydrogens is 1010 g/mol. The second-order valence-electron chi connectivity index (χ2n) is 18.5. The van der Waals surface area contributed by atoms with Gasteiger partial charge in [0.25, 0.3) is 5.91 Å². The summed E-state index contributed by atoms with van der Waals surface area (Å²) in [6.45, 7) is 2.31. The number of amides is 5. The van der Waals surface area contributed by atoms with Gasteiger partial charge in [-0.15, -0.1) is 0 Å². The molecule has 6 aliphatic rings. The molecule has 0 aromatic carbocycles. The van der Waals surface area contributed by atoms with E-state index in [4.69, 9.17) is 58.8 Å². The van der Waals surface area contributed by atoms with Gasteiger partial charge in [-0.1, -0.05) is 0 Å². The number of primary amides is 2. The Morgan fingerprint density at radius 3 is 1.77 bits per heavy atom. The summed E-state index contributed by atoms with van der Waals surface area (Å²) in [6, 6.07) is -3.65. The normalized spacial score (nSPS) is 44.8. The van der Waals surface area contributed by atoms with E-state index in [2.05, 4.69) is 16.0 Å². The summed E-state index contributed by atoms with van der Waals surface area (Å²) in [6.07, 6.45) is -45.4. The van der Waals surface area contributed by atoms with E-state index in [1.54, 1.807) is 0 Å². The van der Waals surface area contributed by atoms with Crippen molar-refractivity contribution in [3.05, 3.63) is 11.5 Å². The molecule has 5 aliphatic heterocycles. The van der Waals surface area contributed by atoms with Crippen LogP contribution in [0.3, 0.4) is 0 Å². The molecule has 0 saturated carbocycles. The number of carbonyl (C=O) groups excluding carboxylic acids is 6. The molecule has 5 heterocycles. The van der Waals surface area contributed by atoms with Gasteiger partial charge in [-0.05, 0) is 13.8 Å². The zero-order chi connectivity index (χ0) is 55.0. The summed E-state index contributed by atoms with van der Waals surface area (Å²) in [4.78, 5) is 75.3. The Bertz CT molecular complexity index is 2090. The minimum atomic E-state index is -2.62. The first-order valence-electron chi connectivity index (χ1n) is 23.0. The third-order valence-electron chi connectivity index (χ3n) is 13.1. The molecule has 420 valence electrons. The molecule has 19 N–H and O–H groups in total.